The van der Waals surface area contributed by atoms with Crippen LogP contribution in [-0.2, 0) is 29.1 Å². The minimum Gasteiger partial charge on any atom is -0.481 e. The summed E-state index contributed by atoms with van der Waals surface area (Å²) in [4.78, 5) is 34.3. The number of hydrogen-bond acceptors (Lipinski definition) is 9. The number of carbonyl (C=O) groups is 2. The number of carbonyl (C=O) groups excluding carboxylic acids is 1. The largest absolute Gasteiger partial charge is 0.481 e. The van der Waals surface area contributed by atoms with Crippen molar-refractivity contribution in [3.63, 3.8) is 0 Å². The average Bonchev–Trinajstić information content (AvgIpc) is 3.72. The number of methoxy groups -OCH3 is 2. The van der Waals surface area contributed by atoms with Crippen molar-refractivity contribution in [2.75, 3.05) is 33.9 Å². The summed E-state index contributed by atoms with van der Waals surface area (Å²) in [6.45, 7) is 2.83. The number of halogens is 2. The molecule has 2 aromatic heterocycles. The molecule has 1 aliphatic heterocycles. The highest BCUT2D eigenvalue weighted by Crippen LogP contribution is 2.45. The van der Waals surface area contributed by atoms with Crippen molar-refractivity contribution in [2.45, 2.75) is 51.3 Å². The fraction of sp³-hybridized carbons (Fsp3) is 0.385. The topological polar surface area (TPSA) is 123 Å². The van der Waals surface area contributed by atoms with E-state index in [1.165, 1.54) is 0 Å². The number of aromatic nitrogens is 2. The van der Waals surface area contributed by atoms with Gasteiger partial charge >= 0.3 is 5.97 Å². The van der Waals surface area contributed by atoms with E-state index in [1.807, 2.05) is 41.3 Å². The molecule has 1 saturated carbocycles. The zero-order valence-electron chi connectivity index (χ0n) is 28.6. The third kappa shape index (κ3) is 7.42. The maximum Gasteiger partial charge on any atom is 0.309 e. The van der Waals surface area contributed by atoms with Crippen LogP contribution in [0.1, 0.15) is 54.0 Å². The Morgan fingerprint density at radius 1 is 0.922 bits per heavy atom. The van der Waals surface area contributed by atoms with Crippen molar-refractivity contribution >= 4 is 35.0 Å². The van der Waals surface area contributed by atoms with Gasteiger partial charge in [-0.1, -0.05) is 65.7 Å². The molecule has 0 bridgehead atoms. The molecule has 2 aromatic carbocycles. The van der Waals surface area contributed by atoms with Crippen molar-refractivity contribution in [3.8, 4) is 40.0 Å². The van der Waals surface area contributed by atoms with E-state index in [2.05, 4.69) is 22.4 Å². The number of hydrogen-bond donors (Lipinski definition) is 2. The van der Waals surface area contributed by atoms with Gasteiger partial charge in [0.25, 0.3) is 0 Å². The highest BCUT2D eigenvalue weighted by Gasteiger charge is 2.34. The number of carboxylic acid groups (broad SMARTS) is 1. The van der Waals surface area contributed by atoms with Crippen LogP contribution >= 0.6 is 23.2 Å². The van der Waals surface area contributed by atoms with Crippen molar-refractivity contribution < 1.29 is 28.9 Å². The molecule has 0 amide bonds. The van der Waals surface area contributed by atoms with Gasteiger partial charge in [0, 0.05) is 61.3 Å². The highest BCUT2D eigenvalue weighted by atomic mass is 35.5. The molecule has 3 heterocycles. The van der Waals surface area contributed by atoms with E-state index in [4.69, 9.17) is 42.4 Å². The summed E-state index contributed by atoms with van der Waals surface area (Å²) in [5.41, 5.74) is 7.38. The highest BCUT2D eigenvalue weighted by molar-refractivity contribution is 6.36. The van der Waals surface area contributed by atoms with E-state index >= 15 is 0 Å². The van der Waals surface area contributed by atoms with E-state index in [0.29, 0.717) is 84.1 Å². The molecule has 1 saturated heterocycles. The molecule has 0 spiro atoms. The molecule has 12 heteroatoms. The van der Waals surface area contributed by atoms with Gasteiger partial charge in [0.05, 0.1) is 30.9 Å². The van der Waals surface area contributed by atoms with Crippen LogP contribution in [0.3, 0.4) is 0 Å². The predicted octanol–water partition coefficient (Wildman–Crippen LogP) is 7.18. The zero-order valence-corrected chi connectivity index (χ0v) is 30.1. The average molecular weight is 732 g/mol. The minimum absolute atomic E-state index is 0.268. The number of ether oxygens (including phenoxy) is 3. The molecule has 10 nitrogen and oxygen atoms in total. The van der Waals surface area contributed by atoms with Crippen LogP contribution in [0, 0.1) is 11.8 Å². The molecule has 2 fully saturated rings. The van der Waals surface area contributed by atoms with Gasteiger partial charge in [0.2, 0.25) is 17.6 Å². The first-order valence-corrected chi connectivity index (χ1v) is 18.0. The van der Waals surface area contributed by atoms with Gasteiger partial charge < -0.3 is 24.6 Å². The van der Waals surface area contributed by atoms with Crippen LogP contribution in [-0.4, -0.2) is 65.6 Å². The second-order valence-corrected chi connectivity index (χ2v) is 14.3. The number of likely N-dealkylation sites (tertiary alicyclic amines) is 1. The number of nitrogens with zero attached hydrogens (tertiary/aromatic N) is 3. The maximum atomic E-state index is 11.6. The van der Waals surface area contributed by atoms with E-state index in [1.54, 1.807) is 20.3 Å². The SMILES string of the molecule is COc1nc(-c2cccc(-c3cccc4c3CC[C@@H]4Oc3nc(OC)c(CN4CC(C(=O)O)C4)cc3Cl)c2Cl)ccc1CNC[C@@H]1CCC(=O)C1. The summed E-state index contributed by atoms with van der Waals surface area (Å²) in [6.07, 6.45) is 3.54. The number of Topliss-reactive ketones (excluding diaryl/α,β-unsaturated/α-hetero) is 1. The lowest BCUT2D eigenvalue weighted by Gasteiger charge is -2.36. The summed E-state index contributed by atoms with van der Waals surface area (Å²) < 4.78 is 17.7. The quantitative estimate of drug-likeness (QED) is 0.146. The first kappa shape index (κ1) is 35.2. The Kier molecular flexibility index (Phi) is 10.5. The number of fused-ring (bicyclic) bond motifs is 1. The lowest BCUT2D eigenvalue weighted by Crippen LogP contribution is -2.49. The molecular formula is C39H40Cl2N4O6. The van der Waals surface area contributed by atoms with E-state index in [-0.39, 0.29) is 12.0 Å². The Hall–Kier alpha value is -4.22. The monoisotopic (exact) mass is 730 g/mol. The molecule has 7 rings (SSSR count). The van der Waals surface area contributed by atoms with Crippen LogP contribution in [0.25, 0.3) is 22.4 Å². The fourth-order valence-electron chi connectivity index (χ4n) is 7.43. The molecule has 266 valence electrons. The molecule has 3 aliphatic rings. The number of aliphatic carboxylic acids is 1. The van der Waals surface area contributed by atoms with Gasteiger partial charge in [-0.05, 0) is 60.5 Å². The van der Waals surface area contributed by atoms with E-state index in [0.717, 1.165) is 64.8 Å². The number of rotatable bonds is 13. The Morgan fingerprint density at radius 2 is 1.67 bits per heavy atom. The second-order valence-electron chi connectivity index (χ2n) is 13.5. The van der Waals surface area contributed by atoms with Crippen molar-refractivity contribution in [1.29, 1.82) is 0 Å². The molecule has 2 aliphatic carbocycles. The van der Waals surface area contributed by atoms with Gasteiger partial charge in [-0.3, -0.25) is 14.5 Å². The minimum atomic E-state index is -0.782. The van der Waals surface area contributed by atoms with Gasteiger partial charge in [0.15, 0.2) is 0 Å². The summed E-state index contributed by atoms with van der Waals surface area (Å²) in [5, 5.41) is 13.7. The maximum absolute atomic E-state index is 11.6. The fourth-order valence-corrected chi connectivity index (χ4v) is 7.98. The first-order valence-electron chi connectivity index (χ1n) is 17.2. The lowest BCUT2D eigenvalue weighted by atomic mass is 9.94. The summed E-state index contributed by atoms with van der Waals surface area (Å²) >= 11 is 13.9. The Balaban J connectivity index is 1.08. The zero-order chi connectivity index (χ0) is 35.6. The van der Waals surface area contributed by atoms with Crippen molar-refractivity contribution in [2.24, 2.45) is 11.8 Å². The standard InChI is InChI=1S/C39H40Cl2N4O6/c1-49-36-23(18-42-17-22-9-11-26(46)15-22)10-13-33(43-36)31-8-4-7-30(35(31)41)27-5-3-6-29-28(27)12-14-34(29)51-38-32(40)16-24(37(44-38)50-2)19-45-20-25(21-45)39(47)48/h3-8,10,13,16,22,25,34,42H,9,11-12,14-15,17-21H2,1-2H3,(H,47,48)/t22-,34+/m1/s1. The van der Waals surface area contributed by atoms with Crippen LogP contribution in [0.5, 0.6) is 17.6 Å². The van der Waals surface area contributed by atoms with Gasteiger partial charge in [0.1, 0.15) is 16.9 Å². The number of carboxylic acids is 1. The molecular weight excluding hydrogens is 691 g/mol. The molecule has 2 N–H and O–H groups in total. The first-order chi connectivity index (χ1) is 24.7. The Labute approximate surface area is 307 Å². The molecule has 2 atom stereocenters. The van der Waals surface area contributed by atoms with E-state index in [9.17, 15) is 14.7 Å². The smallest absolute Gasteiger partial charge is 0.309 e. The summed E-state index contributed by atoms with van der Waals surface area (Å²) in [5.74, 6) is 0.834. The third-order valence-corrected chi connectivity index (χ3v) is 10.8. The van der Waals surface area contributed by atoms with Crippen LogP contribution < -0.4 is 19.5 Å². The summed E-state index contributed by atoms with van der Waals surface area (Å²) in [6, 6.07) is 17.9. The lowest BCUT2D eigenvalue weighted by molar-refractivity contribution is -0.147. The van der Waals surface area contributed by atoms with Crippen LogP contribution in [0.4, 0.5) is 0 Å². The van der Waals surface area contributed by atoms with Gasteiger partial charge in [-0.15, -0.1) is 0 Å². The second kappa shape index (κ2) is 15.2. The number of pyridine rings is 2. The van der Waals surface area contributed by atoms with Crippen LogP contribution in [0.2, 0.25) is 10.0 Å². The van der Waals surface area contributed by atoms with Crippen LogP contribution in [0.15, 0.2) is 54.6 Å². The number of benzene rings is 2. The normalized spacial score (nSPS) is 18.8. The van der Waals surface area contributed by atoms with Crippen molar-refractivity contribution in [1.82, 2.24) is 20.2 Å². The Morgan fingerprint density at radius 3 is 2.41 bits per heavy atom. The number of nitrogens with one attached hydrogen (secondary N) is 1. The molecule has 0 radical (unpaired) electrons. The molecule has 0 unspecified atom stereocenters. The van der Waals surface area contributed by atoms with Gasteiger partial charge in [-0.2, -0.15) is 4.98 Å². The predicted molar refractivity (Wildman–Crippen MR) is 195 cm³/mol. The number of ketones is 1. The third-order valence-electron chi connectivity index (χ3n) is 10.1. The van der Waals surface area contributed by atoms with E-state index < -0.39 is 5.97 Å². The molecule has 51 heavy (non-hydrogen) atoms. The Bertz CT molecular complexity index is 1970. The summed E-state index contributed by atoms with van der Waals surface area (Å²) in [7, 11) is 3.17. The molecule has 4 aromatic rings. The van der Waals surface area contributed by atoms with Crippen molar-refractivity contribution in [3.05, 3.63) is 86.9 Å². The van der Waals surface area contributed by atoms with Gasteiger partial charge in [-0.25, -0.2) is 4.98 Å².